The minimum atomic E-state index is 0.290. The van der Waals surface area contributed by atoms with Crippen LogP contribution in [0.1, 0.15) is 63.0 Å². The molecule has 1 aliphatic carbocycles. The van der Waals surface area contributed by atoms with Crippen LogP contribution in [-0.4, -0.2) is 12.2 Å². The molecule has 0 spiro atoms. The molecule has 5 rings (SSSR count). The molecule has 1 aliphatic rings. The normalized spacial score (nSPS) is 19.6. The van der Waals surface area contributed by atoms with Crippen LogP contribution in [-0.2, 0) is 11.3 Å². The van der Waals surface area contributed by atoms with Gasteiger partial charge in [-0.15, -0.1) is 0 Å². The maximum Gasteiger partial charge on any atom is 0.119 e. The summed E-state index contributed by atoms with van der Waals surface area (Å²) in [6.45, 7) is 5.17. The van der Waals surface area contributed by atoms with Crippen LogP contribution in [0.5, 0.6) is 5.75 Å². The molecule has 0 bridgehead atoms. The summed E-state index contributed by atoms with van der Waals surface area (Å²) in [4.78, 5) is 0. The fourth-order valence-corrected chi connectivity index (χ4v) is 5.08. The maximum absolute atomic E-state index is 6.48. The zero-order valence-corrected chi connectivity index (χ0v) is 19.8. The Balaban J connectivity index is 1.20. The van der Waals surface area contributed by atoms with E-state index in [1.807, 2.05) is 0 Å². The van der Waals surface area contributed by atoms with Crippen LogP contribution in [0.3, 0.4) is 0 Å². The monoisotopic (exact) mass is 438 g/mol. The summed E-state index contributed by atoms with van der Waals surface area (Å²) < 4.78 is 12.8. The molecule has 0 radical (unpaired) electrons. The van der Waals surface area contributed by atoms with Gasteiger partial charge in [0, 0.05) is 0 Å². The second-order valence-electron chi connectivity index (χ2n) is 9.50. The van der Waals surface area contributed by atoms with E-state index < -0.39 is 0 Å². The standard InChI is InChI=1S/C31H34O2/c1-3-22(2)23-12-14-27(15-13-23)33-28-18-16-26(17-19-28)32-21-31-29-10-6-4-8-24(29)20-25-9-5-7-11-30(25)31/h4-15,20,22,26,28H,3,16-19,21H2,1-2H3. The lowest BCUT2D eigenvalue weighted by molar-refractivity contribution is -0.00580. The Hall–Kier alpha value is -2.84. The van der Waals surface area contributed by atoms with Crippen molar-refractivity contribution in [2.24, 2.45) is 0 Å². The number of rotatable bonds is 7. The van der Waals surface area contributed by atoms with E-state index in [0.29, 0.717) is 18.6 Å². The number of ether oxygens (including phenoxy) is 2. The Morgan fingerprint density at radius 3 is 1.94 bits per heavy atom. The van der Waals surface area contributed by atoms with Crippen molar-refractivity contribution in [1.82, 2.24) is 0 Å². The molecule has 2 nitrogen and oxygen atoms in total. The van der Waals surface area contributed by atoms with E-state index in [1.54, 1.807) is 0 Å². The minimum absolute atomic E-state index is 0.290. The van der Waals surface area contributed by atoms with Crippen LogP contribution in [0, 0.1) is 0 Å². The molecule has 0 aliphatic heterocycles. The highest BCUT2D eigenvalue weighted by atomic mass is 16.5. The first kappa shape index (κ1) is 22.0. The van der Waals surface area contributed by atoms with Gasteiger partial charge in [-0.2, -0.15) is 0 Å². The average molecular weight is 439 g/mol. The Kier molecular flexibility index (Phi) is 6.64. The van der Waals surface area contributed by atoms with Crippen LogP contribution in [0.4, 0.5) is 0 Å². The topological polar surface area (TPSA) is 18.5 Å². The van der Waals surface area contributed by atoms with Crippen molar-refractivity contribution in [3.05, 3.63) is 90.0 Å². The van der Waals surface area contributed by atoms with E-state index in [-0.39, 0.29) is 6.10 Å². The molecule has 1 atom stereocenters. The highest BCUT2D eigenvalue weighted by Crippen LogP contribution is 2.32. The van der Waals surface area contributed by atoms with Crippen LogP contribution in [0.25, 0.3) is 21.5 Å². The van der Waals surface area contributed by atoms with Gasteiger partial charge in [0.15, 0.2) is 0 Å². The Bertz CT molecular complexity index is 1150. The third-order valence-electron chi connectivity index (χ3n) is 7.33. The number of hydrogen-bond donors (Lipinski definition) is 0. The molecule has 1 saturated carbocycles. The molecular weight excluding hydrogens is 404 g/mol. The minimum Gasteiger partial charge on any atom is -0.490 e. The lowest BCUT2D eigenvalue weighted by atomic mass is 9.94. The molecule has 0 aromatic heterocycles. The lowest BCUT2D eigenvalue weighted by Crippen LogP contribution is -2.28. The summed E-state index contributed by atoms with van der Waals surface area (Å²) in [5, 5.41) is 5.17. The van der Waals surface area contributed by atoms with E-state index in [0.717, 1.165) is 31.4 Å². The number of benzene rings is 4. The van der Waals surface area contributed by atoms with Gasteiger partial charge in [0.2, 0.25) is 0 Å². The molecule has 33 heavy (non-hydrogen) atoms. The van der Waals surface area contributed by atoms with Gasteiger partial charge in [0.1, 0.15) is 5.75 Å². The lowest BCUT2D eigenvalue weighted by Gasteiger charge is -2.29. The summed E-state index contributed by atoms with van der Waals surface area (Å²) in [7, 11) is 0. The summed E-state index contributed by atoms with van der Waals surface area (Å²) >= 11 is 0. The first-order chi connectivity index (χ1) is 16.2. The van der Waals surface area contributed by atoms with Crippen LogP contribution < -0.4 is 4.74 Å². The molecule has 170 valence electrons. The number of fused-ring (bicyclic) bond motifs is 2. The van der Waals surface area contributed by atoms with E-state index in [2.05, 4.69) is 92.7 Å². The molecular formula is C31H34O2. The molecule has 0 N–H and O–H groups in total. The van der Waals surface area contributed by atoms with Gasteiger partial charge in [-0.3, -0.25) is 0 Å². The molecule has 0 heterocycles. The highest BCUT2D eigenvalue weighted by Gasteiger charge is 2.23. The second-order valence-corrected chi connectivity index (χ2v) is 9.50. The summed E-state index contributed by atoms with van der Waals surface area (Å²) in [6, 6.07) is 28.3. The fraction of sp³-hybridized carbons (Fsp3) is 0.355. The third-order valence-corrected chi connectivity index (χ3v) is 7.33. The SMILES string of the molecule is CCC(C)c1ccc(OC2CCC(OCc3c4ccccc4cc4ccccc34)CC2)cc1. The Labute approximate surface area is 197 Å². The quantitative estimate of drug-likeness (QED) is 0.270. The van der Waals surface area contributed by atoms with Crippen molar-refractivity contribution in [3.8, 4) is 5.75 Å². The van der Waals surface area contributed by atoms with Gasteiger partial charge < -0.3 is 9.47 Å². The van der Waals surface area contributed by atoms with Crippen LogP contribution >= 0.6 is 0 Å². The van der Waals surface area contributed by atoms with Crippen molar-refractivity contribution in [2.45, 2.75) is 70.7 Å². The summed E-state index contributed by atoms with van der Waals surface area (Å²) in [5.41, 5.74) is 2.70. The molecule has 0 saturated heterocycles. The van der Waals surface area contributed by atoms with Gasteiger partial charge in [-0.1, -0.05) is 74.5 Å². The summed E-state index contributed by atoms with van der Waals surface area (Å²) in [6.07, 6.45) is 5.96. The van der Waals surface area contributed by atoms with Gasteiger partial charge in [0.05, 0.1) is 18.8 Å². The maximum atomic E-state index is 6.48. The van der Waals surface area contributed by atoms with Crippen LogP contribution in [0.15, 0.2) is 78.9 Å². The smallest absolute Gasteiger partial charge is 0.119 e. The highest BCUT2D eigenvalue weighted by molar-refractivity contribution is 6.02. The van der Waals surface area contributed by atoms with Gasteiger partial charge in [-0.25, -0.2) is 0 Å². The predicted octanol–water partition coefficient (Wildman–Crippen LogP) is 8.41. The number of hydrogen-bond acceptors (Lipinski definition) is 2. The van der Waals surface area contributed by atoms with Gasteiger partial charge in [-0.05, 0) is 88.9 Å². The third kappa shape index (κ3) is 4.91. The molecule has 4 aromatic carbocycles. The molecule has 4 aromatic rings. The summed E-state index contributed by atoms with van der Waals surface area (Å²) in [5.74, 6) is 1.60. The zero-order valence-electron chi connectivity index (χ0n) is 19.8. The van der Waals surface area contributed by atoms with Crippen molar-refractivity contribution < 1.29 is 9.47 Å². The molecule has 1 unspecified atom stereocenters. The van der Waals surface area contributed by atoms with E-state index in [4.69, 9.17) is 9.47 Å². The van der Waals surface area contributed by atoms with Gasteiger partial charge >= 0.3 is 0 Å². The Morgan fingerprint density at radius 2 is 1.33 bits per heavy atom. The Morgan fingerprint density at radius 1 is 0.758 bits per heavy atom. The van der Waals surface area contributed by atoms with Crippen molar-refractivity contribution in [3.63, 3.8) is 0 Å². The van der Waals surface area contributed by atoms with E-state index in [1.165, 1.54) is 39.1 Å². The average Bonchev–Trinajstić information content (AvgIpc) is 2.87. The molecule has 0 amide bonds. The van der Waals surface area contributed by atoms with Crippen LogP contribution in [0.2, 0.25) is 0 Å². The zero-order chi connectivity index (χ0) is 22.6. The fourth-order valence-electron chi connectivity index (χ4n) is 5.08. The van der Waals surface area contributed by atoms with E-state index >= 15 is 0 Å². The van der Waals surface area contributed by atoms with Gasteiger partial charge in [0.25, 0.3) is 0 Å². The van der Waals surface area contributed by atoms with Crippen molar-refractivity contribution in [1.29, 1.82) is 0 Å². The van der Waals surface area contributed by atoms with Crippen molar-refractivity contribution >= 4 is 21.5 Å². The first-order valence-electron chi connectivity index (χ1n) is 12.5. The van der Waals surface area contributed by atoms with E-state index in [9.17, 15) is 0 Å². The second kappa shape index (κ2) is 9.97. The molecule has 1 fully saturated rings. The predicted molar refractivity (Wildman–Crippen MR) is 138 cm³/mol. The molecule has 2 heteroatoms. The first-order valence-corrected chi connectivity index (χ1v) is 12.5. The van der Waals surface area contributed by atoms with Crippen molar-refractivity contribution in [2.75, 3.05) is 0 Å². The largest absolute Gasteiger partial charge is 0.490 e.